The van der Waals surface area contributed by atoms with Crippen molar-refractivity contribution in [1.82, 2.24) is 15.1 Å². The Bertz CT molecular complexity index is 1190. The Morgan fingerprint density at radius 2 is 1.71 bits per heavy atom. The van der Waals surface area contributed by atoms with Crippen molar-refractivity contribution < 1.29 is 0 Å². The van der Waals surface area contributed by atoms with Gasteiger partial charge in [-0.15, -0.1) is 0 Å². The first-order valence-corrected chi connectivity index (χ1v) is 15.0. The average molecular weight is 560 g/mol. The summed E-state index contributed by atoms with van der Waals surface area (Å²) in [5, 5.41) is 3.57. The van der Waals surface area contributed by atoms with Crippen molar-refractivity contribution in [3.05, 3.63) is 94.0 Å². The lowest BCUT2D eigenvalue weighted by Crippen LogP contribution is -2.26. The maximum Gasteiger partial charge on any atom is 0.137 e. The summed E-state index contributed by atoms with van der Waals surface area (Å²) in [5.41, 5.74) is 11.0. The van der Waals surface area contributed by atoms with E-state index in [9.17, 15) is 0 Å². The van der Waals surface area contributed by atoms with E-state index in [1.807, 2.05) is 7.05 Å². The lowest BCUT2D eigenvalue weighted by Gasteiger charge is -2.26. The molecule has 5 nitrogen and oxygen atoms in total. The number of benzene rings is 1. The van der Waals surface area contributed by atoms with E-state index in [2.05, 4.69) is 145 Å². The highest BCUT2D eigenvalue weighted by Crippen LogP contribution is 2.19. The van der Waals surface area contributed by atoms with Crippen LogP contribution in [-0.4, -0.2) is 55.6 Å². The number of allylic oxidation sites excluding steroid dienone is 8. The van der Waals surface area contributed by atoms with Crippen LogP contribution in [0.1, 0.15) is 84.9 Å². The van der Waals surface area contributed by atoms with Crippen molar-refractivity contribution in [3.8, 4) is 0 Å². The number of nitrogens with one attached hydrogen (secondary N) is 1. The van der Waals surface area contributed by atoms with Gasteiger partial charge in [0.1, 0.15) is 5.84 Å². The molecule has 1 atom stereocenters. The van der Waals surface area contributed by atoms with E-state index in [0.29, 0.717) is 5.92 Å². The highest BCUT2D eigenvalue weighted by atomic mass is 15.1. The first kappa shape index (κ1) is 35.8. The third-order valence-electron chi connectivity index (χ3n) is 7.71. The molecule has 1 rings (SSSR count). The number of nitrogens with zero attached hydrogens (tertiary/aromatic N) is 4. The van der Waals surface area contributed by atoms with Crippen molar-refractivity contribution in [2.45, 2.75) is 81.7 Å². The van der Waals surface area contributed by atoms with E-state index >= 15 is 0 Å². The predicted octanol–water partition coefficient (Wildman–Crippen LogP) is 8.46. The Morgan fingerprint density at radius 1 is 1.02 bits per heavy atom. The van der Waals surface area contributed by atoms with E-state index in [1.54, 1.807) is 6.20 Å². The van der Waals surface area contributed by atoms with E-state index in [1.165, 1.54) is 33.5 Å². The van der Waals surface area contributed by atoms with Gasteiger partial charge in [0.05, 0.1) is 0 Å². The molecule has 0 saturated carbocycles. The van der Waals surface area contributed by atoms with Gasteiger partial charge in [-0.25, -0.2) is 4.99 Å². The normalized spacial score (nSPS) is 15.2. The SMILES string of the molecule is C=C/N=C(/N/C(C)=C/C(C)CCN(CCC)/C(C)=C/C=C(C)/C(C)=C(C)/C(C)=N\C)c1cccc(CN(C)C)c1C. The number of amidine groups is 1. The van der Waals surface area contributed by atoms with E-state index in [0.717, 1.165) is 55.3 Å². The van der Waals surface area contributed by atoms with Gasteiger partial charge < -0.3 is 15.1 Å². The lowest BCUT2D eigenvalue weighted by molar-refractivity contribution is 0.326. The largest absolute Gasteiger partial charge is 0.375 e. The minimum atomic E-state index is 0.419. The molecule has 0 spiro atoms. The summed E-state index contributed by atoms with van der Waals surface area (Å²) in [7, 11) is 6.04. The summed E-state index contributed by atoms with van der Waals surface area (Å²) in [6.45, 7) is 26.5. The summed E-state index contributed by atoms with van der Waals surface area (Å²) in [6.07, 6.45) is 10.6. The molecule has 0 aliphatic carbocycles. The molecule has 0 saturated heterocycles. The zero-order valence-corrected chi connectivity index (χ0v) is 28.2. The van der Waals surface area contributed by atoms with Gasteiger partial charge in [0.15, 0.2) is 0 Å². The molecule has 5 heteroatoms. The van der Waals surface area contributed by atoms with Crippen LogP contribution in [0.3, 0.4) is 0 Å². The van der Waals surface area contributed by atoms with Crippen LogP contribution in [0.15, 0.2) is 87.3 Å². The highest BCUT2D eigenvalue weighted by Gasteiger charge is 2.12. The first-order chi connectivity index (χ1) is 19.4. The van der Waals surface area contributed by atoms with Crippen LogP contribution >= 0.6 is 0 Å². The standard InChI is InChI=1S/C36H57N5/c1-14-22-41(29(6)20-19-27(4)30(7)31(8)33(10)37-11)23-21-26(3)24-28(5)39-36(38-15-2)35-18-16-17-34(32(35)9)25-40(12)13/h15-20,24,26H,2,14,21-23,25H2,1,3-13H3,(H,38,39)/b27-19+,28-24+,29-20+,31-30+,37-33-. The molecule has 1 aromatic rings. The average Bonchev–Trinajstić information content (AvgIpc) is 2.93. The number of rotatable bonds is 15. The summed E-state index contributed by atoms with van der Waals surface area (Å²) in [6, 6.07) is 6.43. The fourth-order valence-electron chi connectivity index (χ4n) is 4.76. The van der Waals surface area contributed by atoms with Gasteiger partial charge in [-0.05, 0) is 115 Å². The van der Waals surface area contributed by atoms with Crippen molar-refractivity contribution in [2.24, 2.45) is 15.9 Å². The Morgan fingerprint density at radius 3 is 2.29 bits per heavy atom. The summed E-state index contributed by atoms with van der Waals surface area (Å²) >= 11 is 0. The van der Waals surface area contributed by atoms with Crippen molar-refractivity contribution in [1.29, 1.82) is 0 Å². The van der Waals surface area contributed by atoms with Crippen molar-refractivity contribution >= 4 is 11.5 Å². The monoisotopic (exact) mass is 559 g/mol. The molecule has 0 amide bonds. The number of aliphatic imine (C=N–C) groups is 2. The third kappa shape index (κ3) is 12.1. The fourth-order valence-corrected chi connectivity index (χ4v) is 4.76. The molecule has 0 fully saturated rings. The smallest absolute Gasteiger partial charge is 0.137 e. The van der Waals surface area contributed by atoms with Crippen LogP contribution in [0.5, 0.6) is 0 Å². The van der Waals surface area contributed by atoms with Gasteiger partial charge in [0, 0.05) is 55.6 Å². The molecule has 0 aromatic heterocycles. The van der Waals surface area contributed by atoms with Crippen LogP contribution in [0, 0.1) is 12.8 Å². The molecular weight excluding hydrogens is 502 g/mol. The summed E-state index contributed by atoms with van der Waals surface area (Å²) < 4.78 is 0. The van der Waals surface area contributed by atoms with Gasteiger partial charge >= 0.3 is 0 Å². The van der Waals surface area contributed by atoms with Crippen LogP contribution in [0.4, 0.5) is 0 Å². The van der Waals surface area contributed by atoms with Gasteiger partial charge in [-0.3, -0.25) is 4.99 Å². The molecule has 226 valence electrons. The quantitative estimate of drug-likeness (QED) is 0.133. The molecule has 1 N–H and O–H groups in total. The summed E-state index contributed by atoms with van der Waals surface area (Å²) in [5.74, 6) is 1.26. The molecule has 41 heavy (non-hydrogen) atoms. The minimum Gasteiger partial charge on any atom is -0.375 e. The van der Waals surface area contributed by atoms with E-state index in [4.69, 9.17) is 0 Å². The Hall–Kier alpha value is -3.18. The molecule has 0 heterocycles. The van der Waals surface area contributed by atoms with Crippen molar-refractivity contribution in [2.75, 3.05) is 34.2 Å². The number of hydrogen-bond donors (Lipinski definition) is 1. The van der Waals surface area contributed by atoms with Crippen LogP contribution in [0.2, 0.25) is 0 Å². The highest BCUT2D eigenvalue weighted by molar-refractivity contribution is 6.01. The molecular formula is C36H57N5. The lowest BCUT2D eigenvalue weighted by atomic mass is 10.0. The predicted molar refractivity (Wildman–Crippen MR) is 183 cm³/mol. The van der Waals surface area contributed by atoms with Crippen LogP contribution < -0.4 is 5.32 Å². The summed E-state index contributed by atoms with van der Waals surface area (Å²) in [4.78, 5) is 13.6. The van der Waals surface area contributed by atoms with Gasteiger partial charge in [-0.1, -0.05) is 50.8 Å². The maximum absolute atomic E-state index is 4.60. The second kappa shape index (κ2) is 18.3. The zero-order chi connectivity index (χ0) is 31.1. The van der Waals surface area contributed by atoms with Gasteiger partial charge in [0.25, 0.3) is 0 Å². The topological polar surface area (TPSA) is 43.2 Å². The second-order valence-electron chi connectivity index (χ2n) is 11.4. The molecule has 0 aliphatic heterocycles. The van der Waals surface area contributed by atoms with E-state index < -0.39 is 0 Å². The van der Waals surface area contributed by atoms with E-state index in [-0.39, 0.29) is 0 Å². The van der Waals surface area contributed by atoms with Crippen molar-refractivity contribution in [3.63, 3.8) is 0 Å². The zero-order valence-electron chi connectivity index (χ0n) is 28.2. The Kier molecular flexibility index (Phi) is 16.0. The van der Waals surface area contributed by atoms with Gasteiger partial charge in [0.2, 0.25) is 0 Å². The molecule has 1 aromatic carbocycles. The molecule has 0 aliphatic rings. The second-order valence-corrected chi connectivity index (χ2v) is 11.4. The van der Waals surface area contributed by atoms with Gasteiger partial charge in [-0.2, -0.15) is 0 Å². The minimum absolute atomic E-state index is 0.419. The van der Waals surface area contributed by atoms with Crippen LogP contribution in [-0.2, 0) is 6.54 Å². The fraction of sp³-hybridized carbons (Fsp3) is 0.500. The van der Waals surface area contributed by atoms with Crippen LogP contribution in [0.25, 0.3) is 0 Å². The first-order valence-electron chi connectivity index (χ1n) is 15.0. The Labute approximate surface area is 252 Å². The molecule has 0 bridgehead atoms. The molecule has 0 radical (unpaired) electrons. The molecule has 1 unspecified atom stereocenters. The number of hydrogen-bond acceptors (Lipinski definition) is 4. The maximum atomic E-state index is 4.60. The Balaban J connectivity index is 3.01. The third-order valence-corrected chi connectivity index (χ3v) is 7.71.